The maximum atomic E-state index is 13.2. The van der Waals surface area contributed by atoms with Crippen LogP contribution in [0.1, 0.15) is 67.5 Å². The fourth-order valence-electron chi connectivity index (χ4n) is 3.89. The van der Waals surface area contributed by atoms with E-state index >= 15 is 0 Å². The average Bonchev–Trinajstić information content (AvgIpc) is 2.68. The molecule has 2 rings (SSSR count). The molecule has 0 aliphatic rings. The van der Waals surface area contributed by atoms with Crippen LogP contribution in [0.5, 0.6) is 5.75 Å². The van der Waals surface area contributed by atoms with Crippen LogP contribution in [-0.2, 0) is 14.8 Å². The van der Waals surface area contributed by atoms with Crippen molar-refractivity contribution in [1.82, 2.24) is 5.32 Å². The van der Waals surface area contributed by atoms with Gasteiger partial charge in [0, 0.05) is 0 Å². The van der Waals surface area contributed by atoms with Crippen molar-refractivity contribution in [1.29, 1.82) is 0 Å². The molecule has 0 unspecified atom stereocenters. The van der Waals surface area contributed by atoms with Crippen molar-refractivity contribution in [2.75, 3.05) is 17.7 Å². The average molecular weight is 461 g/mol. The molecule has 0 heterocycles. The Labute approximate surface area is 193 Å². The number of nitrogens with one attached hydrogen (secondary N) is 1. The van der Waals surface area contributed by atoms with Crippen molar-refractivity contribution < 1.29 is 17.9 Å². The van der Waals surface area contributed by atoms with Crippen LogP contribution in [-0.4, -0.2) is 33.7 Å². The SMILES string of the molecule is COc1cc(C)c([C@H](C)NC(=O)[C@@H](C)N(c2ccc(C)c(C)c2)S(C)(=O)=O)cc1C(C)C. The van der Waals surface area contributed by atoms with E-state index in [1.165, 1.54) is 4.31 Å². The number of rotatable bonds is 8. The predicted octanol–water partition coefficient (Wildman–Crippen LogP) is 4.78. The van der Waals surface area contributed by atoms with Gasteiger partial charge in [-0.2, -0.15) is 0 Å². The van der Waals surface area contributed by atoms with E-state index in [0.717, 1.165) is 39.8 Å². The van der Waals surface area contributed by atoms with Crippen LogP contribution in [0, 0.1) is 20.8 Å². The molecule has 0 radical (unpaired) electrons. The molecule has 0 bridgehead atoms. The lowest BCUT2D eigenvalue weighted by Gasteiger charge is -2.30. The number of amides is 1. The summed E-state index contributed by atoms with van der Waals surface area (Å²) in [5.41, 5.74) is 5.55. The summed E-state index contributed by atoms with van der Waals surface area (Å²) in [6.07, 6.45) is 1.12. The number of ether oxygens (including phenoxy) is 1. The van der Waals surface area contributed by atoms with E-state index < -0.39 is 16.1 Å². The maximum absolute atomic E-state index is 13.2. The second-order valence-corrected chi connectivity index (χ2v) is 10.7. The Balaban J connectivity index is 2.35. The number of aryl methyl sites for hydroxylation is 3. The predicted molar refractivity (Wildman–Crippen MR) is 131 cm³/mol. The Morgan fingerprint density at radius 1 is 0.938 bits per heavy atom. The number of carbonyl (C=O) groups is 1. The minimum Gasteiger partial charge on any atom is -0.496 e. The van der Waals surface area contributed by atoms with E-state index in [2.05, 4.69) is 25.2 Å². The van der Waals surface area contributed by atoms with Crippen LogP contribution >= 0.6 is 0 Å². The van der Waals surface area contributed by atoms with E-state index in [0.29, 0.717) is 5.69 Å². The third-order valence-corrected chi connectivity index (χ3v) is 7.14. The molecule has 2 atom stereocenters. The van der Waals surface area contributed by atoms with Crippen molar-refractivity contribution in [3.05, 3.63) is 58.1 Å². The second-order valence-electron chi connectivity index (χ2n) is 8.84. The largest absolute Gasteiger partial charge is 0.496 e. The standard InChI is InChI=1S/C25H36N2O4S/c1-15(2)22-14-23(18(5)13-24(22)31-8)19(6)26-25(28)20(7)27(32(9,29)30)21-11-10-16(3)17(4)12-21/h10-15,19-20H,1-9H3,(H,26,28)/t19-,20+/m0/s1. The van der Waals surface area contributed by atoms with Crippen LogP contribution in [0.4, 0.5) is 5.69 Å². The smallest absolute Gasteiger partial charge is 0.244 e. The molecule has 7 heteroatoms. The molecule has 0 saturated heterocycles. The number of benzene rings is 2. The lowest BCUT2D eigenvalue weighted by molar-refractivity contribution is -0.122. The van der Waals surface area contributed by atoms with Gasteiger partial charge in [-0.25, -0.2) is 8.42 Å². The van der Waals surface area contributed by atoms with Gasteiger partial charge in [0.25, 0.3) is 0 Å². The quantitative estimate of drug-likeness (QED) is 0.615. The van der Waals surface area contributed by atoms with E-state index in [4.69, 9.17) is 4.74 Å². The van der Waals surface area contributed by atoms with Gasteiger partial charge < -0.3 is 10.1 Å². The van der Waals surface area contributed by atoms with Gasteiger partial charge in [-0.05, 0) is 92.6 Å². The maximum Gasteiger partial charge on any atom is 0.244 e. The van der Waals surface area contributed by atoms with Crippen molar-refractivity contribution in [2.45, 2.75) is 66.5 Å². The molecule has 0 saturated carbocycles. The number of methoxy groups -OCH3 is 1. The van der Waals surface area contributed by atoms with Gasteiger partial charge in [0.1, 0.15) is 11.8 Å². The zero-order valence-corrected chi connectivity index (χ0v) is 21.4. The van der Waals surface area contributed by atoms with Gasteiger partial charge in [0.2, 0.25) is 15.9 Å². The van der Waals surface area contributed by atoms with Crippen molar-refractivity contribution in [3.8, 4) is 5.75 Å². The number of hydrogen-bond donors (Lipinski definition) is 1. The highest BCUT2D eigenvalue weighted by Crippen LogP contribution is 2.32. The minimum atomic E-state index is -3.67. The Morgan fingerprint density at radius 3 is 2.06 bits per heavy atom. The first-order chi connectivity index (χ1) is 14.8. The Hall–Kier alpha value is -2.54. The first-order valence-electron chi connectivity index (χ1n) is 10.8. The summed E-state index contributed by atoms with van der Waals surface area (Å²) in [6.45, 7) is 13.6. The molecule has 0 aromatic heterocycles. The van der Waals surface area contributed by atoms with Crippen LogP contribution in [0.2, 0.25) is 0 Å². The number of sulfonamides is 1. The highest BCUT2D eigenvalue weighted by Gasteiger charge is 2.30. The van der Waals surface area contributed by atoms with Crippen LogP contribution in [0.3, 0.4) is 0 Å². The highest BCUT2D eigenvalue weighted by atomic mass is 32.2. The Morgan fingerprint density at radius 2 is 1.56 bits per heavy atom. The van der Waals surface area contributed by atoms with E-state index in [1.807, 2.05) is 39.8 Å². The third-order valence-electron chi connectivity index (χ3n) is 5.90. The van der Waals surface area contributed by atoms with Gasteiger partial charge in [-0.1, -0.05) is 19.9 Å². The van der Waals surface area contributed by atoms with E-state index in [9.17, 15) is 13.2 Å². The number of anilines is 1. The zero-order valence-electron chi connectivity index (χ0n) is 20.6. The van der Waals surface area contributed by atoms with E-state index in [-0.39, 0.29) is 17.9 Å². The number of hydrogen-bond acceptors (Lipinski definition) is 4. The number of carbonyl (C=O) groups excluding carboxylic acids is 1. The van der Waals surface area contributed by atoms with Gasteiger partial charge in [0.05, 0.1) is 25.1 Å². The Kier molecular flexibility index (Phi) is 7.99. The molecule has 0 fully saturated rings. The topological polar surface area (TPSA) is 75.7 Å². The van der Waals surface area contributed by atoms with Gasteiger partial charge in [0.15, 0.2) is 0 Å². The summed E-state index contributed by atoms with van der Waals surface area (Å²) in [4.78, 5) is 13.2. The minimum absolute atomic E-state index is 0.261. The van der Waals surface area contributed by atoms with Gasteiger partial charge in [-0.15, -0.1) is 0 Å². The van der Waals surface area contributed by atoms with Crippen LogP contribution in [0.25, 0.3) is 0 Å². The first-order valence-corrected chi connectivity index (χ1v) is 12.7. The fraction of sp³-hybridized carbons (Fsp3) is 0.480. The first kappa shape index (κ1) is 25.7. The molecule has 1 N–H and O–H groups in total. The number of nitrogens with zero attached hydrogens (tertiary/aromatic N) is 1. The molecule has 2 aromatic rings. The van der Waals surface area contributed by atoms with E-state index in [1.54, 1.807) is 26.2 Å². The molecule has 0 aliphatic carbocycles. The van der Waals surface area contributed by atoms with Crippen LogP contribution in [0.15, 0.2) is 30.3 Å². The highest BCUT2D eigenvalue weighted by molar-refractivity contribution is 7.92. The Bertz CT molecular complexity index is 1090. The molecule has 0 aliphatic heterocycles. The molecular weight excluding hydrogens is 424 g/mol. The van der Waals surface area contributed by atoms with Crippen LogP contribution < -0.4 is 14.4 Å². The van der Waals surface area contributed by atoms with Gasteiger partial charge in [-0.3, -0.25) is 9.10 Å². The normalized spacial score (nSPS) is 13.6. The van der Waals surface area contributed by atoms with Gasteiger partial charge >= 0.3 is 0 Å². The third kappa shape index (κ3) is 5.63. The summed E-state index contributed by atoms with van der Waals surface area (Å²) in [5.74, 6) is 0.727. The summed E-state index contributed by atoms with van der Waals surface area (Å²) in [5, 5.41) is 3.00. The molecule has 2 aromatic carbocycles. The zero-order chi connectivity index (χ0) is 24.4. The van der Waals surface area contributed by atoms with Crippen molar-refractivity contribution in [2.24, 2.45) is 0 Å². The summed E-state index contributed by atoms with van der Waals surface area (Å²) < 4.78 is 31.9. The molecular formula is C25H36N2O4S. The molecule has 176 valence electrons. The lowest BCUT2D eigenvalue weighted by Crippen LogP contribution is -2.48. The second kappa shape index (κ2) is 9.94. The summed E-state index contributed by atoms with van der Waals surface area (Å²) in [6, 6.07) is 8.24. The van der Waals surface area contributed by atoms with Crippen molar-refractivity contribution >= 4 is 21.6 Å². The summed E-state index contributed by atoms with van der Waals surface area (Å²) >= 11 is 0. The molecule has 1 amide bonds. The molecule has 6 nitrogen and oxygen atoms in total. The molecule has 0 spiro atoms. The van der Waals surface area contributed by atoms with Crippen molar-refractivity contribution in [3.63, 3.8) is 0 Å². The molecule has 32 heavy (non-hydrogen) atoms. The fourth-order valence-corrected chi connectivity index (χ4v) is 5.06. The monoisotopic (exact) mass is 460 g/mol. The lowest BCUT2D eigenvalue weighted by atomic mass is 9.93. The summed E-state index contributed by atoms with van der Waals surface area (Å²) in [7, 11) is -2.02.